The Hall–Kier alpha value is -4.16. The van der Waals surface area contributed by atoms with Gasteiger partial charge in [0.15, 0.2) is 16.6 Å². The minimum absolute atomic E-state index is 0.0282. The van der Waals surface area contributed by atoms with Gasteiger partial charge in [-0.3, -0.25) is 25.0 Å². The molecule has 4 rings (SSSR count). The van der Waals surface area contributed by atoms with Gasteiger partial charge in [0.05, 0.1) is 17.2 Å². The normalized spacial score (nSPS) is 14.4. The zero-order valence-electron chi connectivity index (χ0n) is 19.8. The van der Waals surface area contributed by atoms with Crippen molar-refractivity contribution in [2.75, 3.05) is 11.5 Å². The second kappa shape index (κ2) is 11.5. The van der Waals surface area contributed by atoms with Crippen molar-refractivity contribution in [3.8, 4) is 11.5 Å². The molecule has 1 saturated heterocycles. The van der Waals surface area contributed by atoms with Gasteiger partial charge in [-0.15, -0.1) is 0 Å². The molecule has 0 radical (unpaired) electrons. The van der Waals surface area contributed by atoms with Gasteiger partial charge in [0, 0.05) is 16.6 Å². The number of anilines is 1. The molecule has 38 heavy (non-hydrogen) atoms. The molecule has 1 fully saturated rings. The van der Waals surface area contributed by atoms with Crippen molar-refractivity contribution in [3.63, 3.8) is 0 Å². The van der Waals surface area contributed by atoms with Crippen LogP contribution in [0.15, 0.2) is 70.7 Å². The van der Waals surface area contributed by atoms with Gasteiger partial charge in [0.2, 0.25) is 0 Å². The molecule has 9 nitrogen and oxygen atoms in total. The molecular weight excluding hydrogens is 581 g/mol. The lowest BCUT2D eigenvalue weighted by Gasteiger charge is -2.29. The monoisotopic (exact) mass is 599 g/mol. The van der Waals surface area contributed by atoms with E-state index < -0.39 is 22.6 Å². The Balaban J connectivity index is 1.64. The summed E-state index contributed by atoms with van der Waals surface area (Å²) in [4.78, 5) is 37.2. The number of amides is 2. The molecule has 1 aliphatic heterocycles. The Morgan fingerprint density at radius 1 is 1.11 bits per heavy atom. The van der Waals surface area contributed by atoms with Crippen LogP contribution in [-0.4, -0.2) is 28.5 Å². The highest BCUT2D eigenvalue weighted by Crippen LogP contribution is 2.36. The molecule has 194 valence electrons. The number of rotatable bonds is 8. The summed E-state index contributed by atoms with van der Waals surface area (Å²) in [7, 11) is 0. The number of nitrogens with zero attached hydrogens (tertiary/aromatic N) is 2. The summed E-state index contributed by atoms with van der Waals surface area (Å²) in [6.45, 7) is 2.20. The first-order valence-corrected chi connectivity index (χ1v) is 12.4. The standard InChI is InChI=1S/C26H19BrFN3O6S/c1-2-36-22-12-16(19(27)13-23(22)37-14-15-7-9-17(10-8-15)31(34)35)11-18-24(32)29-26(38)30(25(18)33)21-6-4-3-5-20(21)28/h3-13H,2,14H2,1H3,(H,29,32,38)/b18-11+. The van der Waals surface area contributed by atoms with Gasteiger partial charge in [-0.25, -0.2) is 9.29 Å². The third-order valence-corrected chi connectivity index (χ3v) is 6.37. The lowest BCUT2D eigenvalue weighted by molar-refractivity contribution is -0.384. The predicted octanol–water partition coefficient (Wildman–Crippen LogP) is 5.31. The number of hydrogen-bond donors (Lipinski definition) is 1. The first-order chi connectivity index (χ1) is 18.2. The molecule has 1 N–H and O–H groups in total. The molecular formula is C26H19BrFN3O6S. The third-order valence-electron chi connectivity index (χ3n) is 5.40. The number of nitro groups is 1. The maximum Gasteiger partial charge on any atom is 0.270 e. The highest BCUT2D eigenvalue weighted by molar-refractivity contribution is 9.10. The fourth-order valence-electron chi connectivity index (χ4n) is 3.58. The van der Waals surface area contributed by atoms with Crippen molar-refractivity contribution in [1.82, 2.24) is 5.32 Å². The molecule has 1 heterocycles. The maximum atomic E-state index is 14.4. The van der Waals surface area contributed by atoms with Crippen LogP contribution in [0.2, 0.25) is 0 Å². The van der Waals surface area contributed by atoms with Crippen molar-refractivity contribution < 1.29 is 28.4 Å². The Bertz CT molecular complexity index is 1480. The first-order valence-electron chi connectivity index (χ1n) is 11.2. The lowest BCUT2D eigenvalue weighted by Crippen LogP contribution is -2.54. The van der Waals surface area contributed by atoms with E-state index in [2.05, 4.69) is 21.2 Å². The minimum Gasteiger partial charge on any atom is -0.490 e. The van der Waals surface area contributed by atoms with E-state index in [1.54, 1.807) is 37.3 Å². The smallest absolute Gasteiger partial charge is 0.270 e. The molecule has 0 spiro atoms. The van der Waals surface area contributed by atoms with Gasteiger partial charge in [-0.05, 0) is 72.7 Å². The summed E-state index contributed by atoms with van der Waals surface area (Å²) in [5.74, 6) is -1.47. The van der Waals surface area contributed by atoms with E-state index in [1.165, 1.54) is 36.4 Å². The van der Waals surface area contributed by atoms with Crippen molar-refractivity contribution in [3.05, 3.63) is 97.8 Å². The molecule has 12 heteroatoms. The van der Waals surface area contributed by atoms with E-state index in [-0.39, 0.29) is 28.7 Å². The highest BCUT2D eigenvalue weighted by atomic mass is 79.9. The summed E-state index contributed by atoms with van der Waals surface area (Å²) in [5.41, 5.74) is 0.756. The average molecular weight is 600 g/mol. The molecule has 3 aromatic carbocycles. The molecule has 1 aliphatic rings. The molecule has 0 aliphatic carbocycles. The molecule has 0 unspecified atom stereocenters. The quantitative estimate of drug-likeness (QED) is 0.123. The lowest BCUT2D eigenvalue weighted by atomic mass is 10.1. The topological polar surface area (TPSA) is 111 Å². The number of nitrogens with one attached hydrogen (secondary N) is 1. The van der Waals surface area contributed by atoms with Crippen LogP contribution in [-0.2, 0) is 16.2 Å². The summed E-state index contributed by atoms with van der Waals surface area (Å²) < 4.78 is 26.5. The molecule has 0 bridgehead atoms. The Labute approximate surface area is 230 Å². The van der Waals surface area contributed by atoms with E-state index in [4.69, 9.17) is 21.7 Å². The third kappa shape index (κ3) is 5.71. The second-order valence-corrected chi connectivity index (χ2v) is 9.12. The van der Waals surface area contributed by atoms with Gasteiger partial charge < -0.3 is 9.47 Å². The van der Waals surface area contributed by atoms with Gasteiger partial charge in [0.1, 0.15) is 18.0 Å². The number of non-ortho nitro benzene ring substituents is 1. The fourth-order valence-corrected chi connectivity index (χ4v) is 4.29. The number of benzene rings is 3. The van der Waals surface area contributed by atoms with Crippen molar-refractivity contribution in [2.45, 2.75) is 13.5 Å². The zero-order valence-corrected chi connectivity index (χ0v) is 22.2. The Morgan fingerprint density at radius 3 is 2.45 bits per heavy atom. The maximum absolute atomic E-state index is 14.4. The SMILES string of the molecule is CCOc1cc(/C=C2\C(=O)NC(=S)N(c3ccccc3F)C2=O)c(Br)cc1OCc1ccc([N+](=O)[O-])cc1. The van der Waals surface area contributed by atoms with E-state index >= 15 is 0 Å². The molecule has 2 amide bonds. The second-order valence-electron chi connectivity index (χ2n) is 7.87. The van der Waals surface area contributed by atoms with E-state index in [1.807, 2.05) is 0 Å². The van der Waals surface area contributed by atoms with E-state index in [9.17, 15) is 24.1 Å². The number of carbonyl (C=O) groups is 2. The summed E-state index contributed by atoms with van der Waals surface area (Å²) >= 11 is 8.56. The van der Waals surface area contributed by atoms with Crippen LogP contribution in [0.1, 0.15) is 18.1 Å². The Kier molecular flexibility index (Phi) is 8.13. The molecule has 0 saturated carbocycles. The number of ether oxygens (including phenoxy) is 2. The van der Waals surface area contributed by atoms with Gasteiger partial charge in [-0.1, -0.05) is 28.1 Å². The minimum atomic E-state index is -0.785. The van der Waals surface area contributed by atoms with Crippen LogP contribution in [0.3, 0.4) is 0 Å². The average Bonchev–Trinajstić information content (AvgIpc) is 2.88. The number of halogens is 2. The van der Waals surface area contributed by atoms with Crippen molar-refractivity contribution in [1.29, 1.82) is 0 Å². The number of thiocarbonyl (C=S) groups is 1. The number of carbonyl (C=O) groups excluding carboxylic acids is 2. The number of nitro benzene ring substituents is 1. The van der Waals surface area contributed by atoms with Gasteiger partial charge >= 0.3 is 0 Å². The van der Waals surface area contributed by atoms with Crippen LogP contribution in [0.4, 0.5) is 15.8 Å². The summed E-state index contributed by atoms with van der Waals surface area (Å²) in [6, 6.07) is 14.8. The van der Waals surface area contributed by atoms with Crippen LogP contribution < -0.4 is 19.7 Å². The van der Waals surface area contributed by atoms with E-state index in [0.717, 1.165) is 4.90 Å². The first kappa shape index (κ1) is 26.9. The van der Waals surface area contributed by atoms with Crippen LogP contribution in [0, 0.1) is 15.9 Å². The summed E-state index contributed by atoms with van der Waals surface area (Å²) in [6.07, 6.45) is 1.35. The summed E-state index contributed by atoms with van der Waals surface area (Å²) in [5, 5.41) is 13.1. The number of hydrogen-bond acceptors (Lipinski definition) is 7. The fraction of sp³-hybridized carbons (Fsp3) is 0.115. The Morgan fingerprint density at radius 2 is 1.79 bits per heavy atom. The van der Waals surface area contributed by atoms with Crippen molar-refractivity contribution >= 4 is 62.5 Å². The molecule has 0 atom stereocenters. The van der Waals surface area contributed by atoms with Gasteiger partial charge in [-0.2, -0.15) is 0 Å². The molecule has 0 aromatic heterocycles. The highest BCUT2D eigenvalue weighted by Gasteiger charge is 2.35. The van der Waals surface area contributed by atoms with Crippen molar-refractivity contribution in [2.24, 2.45) is 0 Å². The number of para-hydroxylation sites is 1. The van der Waals surface area contributed by atoms with Gasteiger partial charge in [0.25, 0.3) is 17.5 Å². The zero-order chi connectivity index (χ0) is 27.4. The predicted molar refractivity (Wildman–Crippen MR) is 145 cm³/mol. The van der Waals surface area contributed by atoms with Crippen LogP contribution in [0.25, 0.3) is 6.08 Å². The van der Waals surface area contributed by atoms with Crippen LogP contribution >= 0.6 is 28.1 Å². The van der Waals surface area contributed by atoms with Crippen LogP contribution in [0.5, 0.6) is 11.5 Å². The van der Waals surface area contributed by atoms with E-state index in [0.29, 0.717) is 33.7 Å². The molecule has 3 aromatic rings. The largest absolute Gasteiger partial charge is 0.490 e.